The van der Waals surface area contributed by atoms with Crippen molar-refractivity contribution in [1.29, 1.82) is 5.26 Å². The fourth-order valence-corrected chi connectivity index (χ4v) is 3.64. The maximum Gasteiger partial charge on any atom is 0.0968 e. The molecule has 2 unspecified atom stereocenters. The van der Waals surface area contributed by atoms with E-state index in [0.29, 0.717) is 5.25 Å². The van der Waals surface area contributed by atoms with E-state index in [4.69, 9.17) is 5.26 Å². The summed E-state index contributed by atoms with van der Waals surface area (Å²) < 4.78 is 0. The molecule has 1 aromatic rings. The minimum absolute atomic E-state index is 0.215. The predicted molar refractivity (Wildman–Crippen MR) is 66.3 cm³/mol. The highest BCUT2D eigenvalue weighted by Crippen LogP contribution is 2.38. The predicted octanol–water partition coefficient (Wildman–Crippen LogP) is 3.48. The topological polar surface area (TPSA) is 36.7 Å². The number of thioether (sulfide) groups is 1. The van der Waals surface area contributed by atoms with Crippen molar-refractivity contribution < 1.29 is 0 Å². The quantitative estimate of drug-likeness (QED) is 0.783. The van der Waals surface area contributed by atoms with Gasteiger partial charge in [0.1, 0.15) is 0 Å². The largest absolute Gasteiger partial charge is 0.247 e. The monoisotopic (exact) mass is 232 g/mol. The summed E-state index contributed by atoms with van der Waals surface area (Å²) in [6.45, 7) is 4.11. The number of hydrogen-bond acceptors (Lipinski definition) is 3. The minimum atomic E-state index is 0.215. The molecule has 1 heterocycles. The molecule has 0 amide bonds. The van der Waals surface area contributed by atoms with E-state index in [9.17, 15) is 0 Å². The second-order valence-electron chi connectivity index (χ2n) is 4.45. The van der Waals surface area contributed by atoms with Crippen LogP contribution in [0, 0.1) is 31.1 Å². The average molecular weight is 232 g/mol. The van der Waals surface area contributed by atoms with Gasteiger partial charge in [0.15, 0.2) is 0 Å². The Bertz CT molecular complexity index is 402. The van der Waals surface area contributed by atoms with Crippen molar-refractivity contribution in [3.05, 3.63) is 23.4 Å². The van der Waals surface area contributed by atoms with Crippen LogP contribution in [0.3, 0.4) is 0 Å². The molecule has 1 fully saturated rings. The molecule has 0 spiro atoms. The zero-order valence-corrected chi connectivity index (χ0v) is 10.5. The number of nitrogens with zero attached hydrogens (tertiary/aromatic N) is 2. The first-order valence-corrected chi connectivity index (χ1v) is 6.58. The van der Waals surface area contributed by atoms with E-state index in [2.05, 4.69) is 30.1 Å². The molecule has 16 heavy (non-hydrogen) atoms. The second-order valence-corrected chi connectivity index (χ2v) is 5.71. The molecule has 0 aliphatic heterocycles. The molecule has 3 heteroatoms. The normalized spacial score (nSPS) is 24.3. The molecular formula is C13H16N2S. The summed E-state index contributed by atoms with van der Waals surface area (Å²) in [6, 6.07) is 6.61. The number of aryl methyl sites for hydroxylation is 2. The molecular weight excluding hydrogens is 216 g/mol. The standard InChI is InChI=1S/C13H16N2S/c1-9-6-10(2)15-13(7-9)16-12-5-3-4-11(12)8-14/h6-7,11-12H,3-5H2,1-2H3. The van der Waals surface area contributed by atoms with Gasteiger partial charge in [-0.3, -0.25) is 0 Å². The summed E-state index contributed by atoms with van der Waals surface area (Å²) in [5.74, 6) is 0.215. The Hall–Kier alpha value is -1.01. The molecule has 0 saturated heterocycles. The van der Waals surface area contributed by atoms with E-state index in [-0.39, 0.29) is 5.92 Å². The summed E-state index contributed by atoms with van der Waals surface area (Å²) in [5, 5.41) is 10.6. The third-order valence-electron chi connectivity index (χ3n) is 2.96. The second kappa shape index (κ2) is 4.88. The Morgan fingerprint density at radius 1 is 1.38 bits per heavy atom. The lowest BCUT2D eigenvalue weighted by molar-refractivity contribution is 0.713. The molecule has 1 aromatic heterocycles. The lowest BCUT2D eigenvalue weighted by Gasteiger charge is -2.12. The molecule has 2 atom stereocenters. The summed E-state index contributed by atoms with van der Waals surface area (Å²) in [4.78, 5) is 4.52. The van der Waals surface area contributed by atoms with Crippen molar-refractivity contribution in [3.63, 3.8) is 0 Å². The Labute approximate surface area is 101 Å². The van der Waals surface area contributed by atoms with Gasteiger partial charge in [-0.1, -0.05) is 6.42 Å². The van der Waals surface area contributed by atoms with Gasteiger partial charge in [-0.2, -0.15) is 5.26 Å². The number of hydrogen-bond donors (Lipinski definition) is 0. The first-order valence-electron chi connectivity index (χ1n) is 5.70. The van der Waals surface area contributed by atoms with Crippen molar-refractivity contribution in [3.8, 4) is 6.07 Å². The fraction of sp³-hybridized carbons (Fsp3) is 0.538. The van der Waals surface area contributed by atoms with E-state index in [1.807, 2.05) is 6.92 Å². The number of aromatic nitrogens is 1. The summed E-state index contributed by atoms with van der Waals surface area (Å²) in [6.07, 6.45) is 3.39. The van der Waals surface area contributed by atoms with Gasteiger partial charge in [0, 0.05) is 10.9 Å². The summed E-state index contributed by atoms with van der Waals surface area (Å²) in [5.41, 5.74) is 2.32. The lowest BCUT2D eigenvalue weighted by Crippen LogP contribution is -2.07. The smallest absolute Gasteiger partial charge is 0.0968 e. The van der Waals surface area contributed by atoms with Crippen LogP contribution in [0.15, 0.2) is 17.2 Å². The molecule has 1 aliphatic carbocycles. The average Bonchev–Trinajstić information content (AvgIpc) is 2.63. The molecule has 0 N–H and O–H groups in total. The molecule has 0 bridgehead atoms. The highest BCUT2D eigenvalue weighted by Gasteiger charge is 2.28. The van der Waals surface area contributed by atoms with E-state index >= 15 is 0 Å². The van der Waals surface area contributed by atoms with Crippen molar-refractivity contribution in [2.24, 2.45) is 5.92 Å². The number of rotatable bonds is 2. The molecule has 2 nitrogen and oxygen atoms in total. The Balaban J connectivity index is 2.12. The number of pyridine rings is 1. The molecule has 1 saturated carbocycles. The lowest BCUT2D eigenvalue weighted by atomic mass is 10.1. The van der Waals surface area contributed by atoms with E-state index in [1.54, 1.807) is 11.8 Å². The van der Waals surface area contributed by atoms with Gasteiger partial charge >= 0.3 is 0 Å². The van der Waals surface area contributed by atoms with Gasteiger partial charge in [0.05, 0.1) is 17.0 Å². The third kappa shape index (κ3) is 2.56. The Morgan fingerprint density at radius 2 is 2.19 bits per heavy atom. The van der Waals surface area contributed by atoms with Gasteiger partial charge in [-0.15, -0.1) is 11.8 Å². The highest BCUT2D eigenvalue weighted by atomic mass is 32.2. The van der Waals surface area contributed by atoms with Gasteiger partial charge in [-0.25, -0.2) is 4.98 Å². The third-order valence-corrected chi connectivity index (χ3v) is 4.28. The van der Waals surface area contributed by atoms with Crippen LogP contribution in [-0.2, 0) is 0 Å². The van der Waals surface area contributed by atoms with Crippen LogP contribution in [0.5, 0.6) is 0 Å². The van der Waals surface area contributed by atoms with Crippen molar-refractivity contribution in [2.45, 2.75) is 43.4 Å². The summed E-state index contributed by atoms with van der Waals surface area (Å²) in [7, 11) is 0. The van der Waals surface area contributed by atoms with Gasteiger partial charge < -0.3 is 0 Å². The van der Waals surface area contributed by atoms with Crippen molar-refractivity contribution >= 4 is 11.8 Å². The van der Waals surface area contributed by atoms with Gasteiger partial charge in [0.2, 0.25) is 0 Å². The molecule has 1 aliphatic rings. The minimum Gasteiger partial charge on any atom is -0.247 e. The van der Waals surface area contributed by atoms with Crippen LogP contribution >= 0.6 is 11.8 Å². The highest BCUT2D eigenvalue weighted by molar-refractivity contribution is 7.99. The van der Waals surface area contributed by atoms with E-state index < -0.39 is 0 Å². The van der Waals surface area contributed by atoms with Crippen LogP contribution in [0.1, 0.15) is 30.5 Å². The van der Waals surface area contributed by atoms with Crippen LogP contribution in [0.2, 0.25) is 0 Å². The molecule has 2 rings (SSSR count). The van der Waals surface area contributed by atoms with Crippen molar-refractivity contribution in [1.82, 2.24) is 4.98 Å². The number of nitriles is 1. The van der Waals surface area contributed by atoms with Crippen LogP contribution in [-0.4, -0.2) is 10.2 Å². The first kappa shape index (κ1) is 11.5. The zero-order chi connectivity index (χ0) is 11.5. The van der Waals surface area contributed by atoms with Crippen molar-refractivity contribution in [2.75, 3.05) is 0 Å². The zero-order valence-electron chi connectivity index (χ0n) is 9.73. The fourth-order valence-electron chi connectivity index (χ4n) is 2.23. The Morgan fingerprint density at radius 3 is 2.88 bits per heavy atom. The maximum atomic E-state index is 9.04. The molecule has 0 radical (unpaired) electrons. The molecule has 84 valence electrons. The molecule has 0 aromatic carbocycles. The van der Waals surface area contributed by atoms with E-state index in [0.717, 1.165) is 23.6 Å². The van der Waals surface area contributed by atoms with Crippen LogP contribution in [0.4, 0.5) is 0 Å². The van der Waals surface area contributed by atoms with Crippen LogP contribution < -0.4 is 0 Å². The maximum absolute atomic E-state index is 9.04. The summed E-state index contributed by atoms with van der Waals surface area (Å²) >= 11 is 1.78. The van der Waals surface area contributed by atoms with Crippen LogP contribution in [0.25, 0.3) is 0 Å². The van der Waals surface area contributed by atoms with Gasteiger partial charge in [-0.05, 0) is 44.4 Å². The Kier molecular flexibility index (Phi) is 3.50. The first-order chi connectivity index (χ1) is 7.69. The van der Waals surface area contributed by atoms with E-state index in [1.165, 1.54) is 12.0 Å². The van der Waals surface area contributed by atoms with Gasteiger partial charge in [0.25, 0.3) is 0 Å². The SMILES string of the molecule is Cc1cc(C)nc(SC2CCCC2C#N)c1.